The number of fused-ring (bicyclic) bond motifs is 4. The van der Waals surface area contributed by atoms with Crippen LogP contribution in [0.2, 0.25) is 6.32 Å². The van der Waals surface area contributed by atoms with Crippen molar-refractivity contribution in [1.29, 1.82) is 0 Å². The van der Waals surface area contributed by atoms with Crippen LogP contribution in [0.25, 0.3) is 0 Å². The second-order valence-electron chi connectivity index (χ2n) is 36.6. The second-order valence-corrected chi connectivity index (χ2v) is 36.6. The number of aromatic nitrogens is 6. The van der Waals surface area contributed by atoms with Gasteiger partial charge in [-0.3, -0.25) is 14.5 Å². The number of nitrogens with zero attached hydrogens (tertiary/aromatic N) is 5. The maximum Gasteiger partial charge on any atom is 0.546 e. The minimum Gasteiger partial charge on any atom is -0.536 e. The molecular formula is C76H124B7N7O16. The lowest BCUT2D eigenvalue weighted by Gasteiger charge is -2.26. The highest BCUT2D eigenvalue weighted by Crippen LogP contribution is 2.36. The SMILES string of the molecule is C.CC(C)(C)C1=CCOB1O.CC(C)(C)C1=NCB(O)O1.CC(C)(C)C1CCB(O)O1.CC(C)(C)c1ccc2c(c1)B(O)OC2.CC(C)(C)c1ccc2c(c1)COB2O.CC(C)(C)c1ccc2c(c1)OB(O)C2.CC(C)(C)c1ccc2c(c1)OB(O)C2.CC(C)(C)c1nn[nH]n1.CC(C)(C)c1noc(=O)[nH]1. The standard InChI is InChI=1S/4C11H15BO2.C7H13BO2.C7H15BO2.C6H12BNO2.C6H10N2O2.C5H10N4.CH4/c1-11(2,3)9-4-5-10-8(6-9)7-14-12(10)13;1-11(2,3)9-5-4-8-7-14-12(13)10(8)6-9;2*1-11(2,3)9-5-4-8-7-12(13)14-10(8)6-9;1-7(2,3)6-4-5-10-8(6)9;1-7(2,3)6-4-5-8(9)10-6;1-6(2,3)5-8-4-7(9)10-5;1-6(2,3)4-7-5(9)10-8-4;1-5(2,3)4-6-8-9-7-4;/h4*4-6,13H,7H2,1-3H3;4,9H,5H2,1-3H3;6,9H,4-5H2,1-3H3;9H,4H2,1-3H3;1-3H3,(H,7,8,9);1-3H3,(H,6,7,8,9);1H4. The minimum atomic E-state index is -0.729. The zero-order valence-electron chi connectivity index (χ0n) is 67.8. The van der Waals surface area contributed by atoms with Crippen molar-refractivity contribution in [3.05, 3.63) is 151 Å². The van der Waals surface area contributed by atoms with Crippen LogP contribution in [-0.2, 0) is 81.6 Å². The molecule has 0 aliphatic carbocycles. The first-order valence-corrected chi connectivity index (χ1v) is 36.4. The Balaban J connectivity index is 0.000000253. The maximum atomic E-state index is 10.5. The van der Waals surface area contributed by atoms with Crippen molar-refractivity contribution in [2.24, 2.45) is 21.2 Å². The summed E-state index contributed by atoms with van der Waals surface area (Å²) in [5, 5.41) is 81.9. The molecule has 9 heterocycles. The van der Waals surface area contributed by atoms with Crippen LogP contribution in [-0.4, -0.2) is 141 Å². The lowest BCUT2D eigenvalue weighted by molar-refractivity contribution is 0.0909. The van der Waals surface area contributed by atoms with E-state index < -0.39 is 55.6 Å². The first-order chi connectivity index (χ1) is 48.0. The minimum absolute atomic E-state index is 0. The Morgan fingerprint density at radius 1 is 0.472 bits per heavy atom. The number of rotatable bonds is 0. The van der Waals surface area contributed by atoms with Crippen LogP contribution in [0.1, 0.15) is 257 Å². The van der Waals surface area contributed by atoms with E-state index in [1.54, 1.807) is 0 Å². The lowest BCUT2D eigenvalue weighted by Crippen LogP contribution is -2.29. The average molecular weight is 1470 g/mol. The molecule has 13 rings (SSSR count). The van der Waals surface area contributed by atoms with E-state index >= 15 is 0 Å². The van der Waals surface area contributed by atoms with E-state index in [-0.39, 0.29) is 62.3 Å². The van der Waals surface area contributed by atoms with Gasteiger partial charge in [0.05, 0.1) is 19.7 Å². The third-order valence-corrected chi connectivity index (χ3v) is 17.6. The summed E-state index contributed by atoms with van der Waals surface area (Å²) >= 11 is 0. The van der Waals surface area contributed by atoms with Gasteiger partial charge >= 0.3 is 55.6 Å². The van der Waals surface area contributed by atoms with Crippen LogP contribution in [0.4, 0.5) is 0 Å². The summed E-state index contributed by atoms with van der Waals surface area (Å²) in [6, 6.07) is 24.8. The van der Waals surface area contributed by atoms with Gasteiger partial charge in [0.2, 0.25) is 0 Å². The van der Waals surface area contributed by atoms with Gasteiger partial charge in [-0.25, -0.2) is 4.79 Å². The van der Waals surface area contributed by atoms with Gasteiger partial charge in [-0.2, -0.15) is 5.21 Å². The number of nitrogens with one attached hydrogen (secondary N) is 2. The van der Waals surface area contributed by atoms with Gasteiger partial charge in [0.1, 0.15) is 11.5 Å². The molecule has 0 saturated carbocycles. The molecule has 9 N–H and O–H groups in total. The topological polar surface area (TPSA) is 332 Å². The molecule has 2 aromatic heterocycles. The second kappa shape index (κ2) is 37.4. The predicted octanol–water partition coefficient (Wildman–Crippen LogP) is 10.9. The number of H-pyrrole nitrogens is 2. The van der Waals surface area contributed by atoms with Crippen LogP contribution < -0.4 is 26.0 Å². The fraction of sp³-hybridized carbons (Fsp3) is 0.605. The van der Waals surface area contributed by atoms with Crippen molar-refractivity contribution in [2.45, 2.75) is 272 Å². The Kier molecular flexibility index (Phi) is 32.5. The summed E-state index contributed by atoms with van der Waals surface area (Å²) in [5.41, 5.74) is 12.8. The van der Waals surface area contributed by atoms with Crippen molar-refractivity contribution < 1.29 is 72.3 Å². The Morgan fingerprint density at radius 2 is 0.943 bits per heavy atom. The highest BCUT2D eigenvalue weighted by Gasteiger charge is 2.38. The monoisotopic (exact) mass is 1470 g/mol. The fourth-order valence-corrected chi connectivity index (χ4v) is 10.9. The Bertz CT molecular complexity index is 3780. The van der Waals surface area contributed by atoms with Crippen molar-refractivity contribution in [1.82, 2.24) is 30.8 Å². The Labute approximate surface area is 635 Å². The molecule has 1 fully saturated rings. The molecule has 4 aromatic carbocycles. The summed E-state index contributed by atoms with van der Waals surface area (Å²) in [6.07, 6.45) is 5.58. The van der Waals surface area contributed by atoms with E-state index in [1.165, 1.54) is 22.3 Å². The molecule has 1 saturated heterocycles. The first-order valence-electron chi connectivity index (χ1n) is 36.4. The number of benzene rings is 4. The van der Waals surface area contributed by atoms with Crippen LogP contribution in [0.5, 0.6) is 11.5 Å². The summed E-state index contributed by atoms with van der Waals surface area (Å²) in [4.78, 5) is 17.0. The highest BCUT2D eigenvalue weighted by atomic mass is 16.6. The highest BCUT2D eigenvalue weighted by molar-refractivity contribution is 6.62. The Hall–Kier alpha value is -6.29. The van der Waals surface area contributed by atoms with Gasteiger partial charge in [-0.05, 0) is 118 Å². The summed E-state index contributed by atoms with van der Waals surface area (Å²) in [7, 11) is -4.65. The van der Waals surface area contributed by atoms with Crippen LogP contribution in [0.15, 0.2) is 98.7 Å². The number of aromatic amines is 2. The molecule has 30 heteroatoms. The van der Waals surface area contributed by atoms with E-state index in [1.807, 2.05) is 111 Å². The molecule has 0 amide bonds. The van der Waals surface area contributed by atoms with Gasteiger partial charge < -0.3 is 67.7 Å². The summed E-state index contributed by atoms with van der Waals surface area (Å²) < 4.78 is 40.5. The first kappa shape index (κ1) is 92.1. The molecule has 1 unspecified atom stereocenters. The largest absolute Gasteiger partial charge is 0.546 e. The average Bonchev–Trinajstić information content (AvgIpc) is 1.64. The van der Waals surface area contributed by atoms with Gasteiger partial charge in [0, 0.05) is 41.6 Å². The van der Waals surface area contributed by atoms with E-state index in [0.29, 0.717) is 50.6 Å². The van der Waals surface area contributed by atoms with Crippen molar-refractivity contribution in [2.75, 3.05) is 13.1 Å². The van der Waals surface area contributed by atoms with E-state index in [2.05, 4.69) is 195 Å². The molecule has 7 aliphatic rings. The quantitative estimate of drug-likeness (QED) is 0.0638. The summed E-state index contributed by atoms with van der Waals surface area (Å²) in [5.74, 6) is 3.17. The van der Waals surface area contributed by atoms with Crippen LogP contribution in [0, 0.1) is 16.2 Å². The van der Waals surface area contributed by atoms with Gasteiger partial charge in [0.25, 0.3) is 0 Å². The molecule has 580 valence electrons. The predicted molar refractivity (Wildman–Crippen MR) is 429 cm³/mol. The molecule has 23 nitrogen and oxygen atoms in total. The van der Waals surface area contributed by atoms with Crippen molar-refractivity contribution in [3.63, 3.8) is 0 Å². The number of allylic oxidation sites excluding steroid dienone is 1. The number of tetrazole rings is 1. The van der Waals surface area contributed by atoms with Gasteiger partial charge in [-0.15, -0.1) is 10.2 Å². The molecule has 0 radical (unpaired) electrons. The summed E-state index contributed by atoms with van der Waals surface area (Å²) in [6.45, 7) is 58.2. The molecule has 1 atom stereocenters. The lowest BCUT2D eigenvalue weighted by atomic mass is 9.66. The van der Waals surface area contributed by atoms with E-state index in [4.69, 9.17) is 42.6 Å². The van der Waals surface area contributed by atoms with Crippen LogP contribution >= 0.6 is 0 Å². The fourth-order valence-electron chi connectivity index (χ4n) is 10.9. The normalized spacial score (nSPS) is 16.6. The third-order valence-electron chi connectivity index (χ3n) is 17.6. The number of aliphatic imine (C=N–C) groups is 1. The molecule has 7 aliphatic heterocycles. The molecule has 106 heavy (non-hydrogen) atoms. The van der Waals surface area contributed by atoms with E-state index in [9.17, 15) is 29.9 Å². The maximum absolute atomic E-state index is 10.5. The van der Waals surface area contributed by atoms with Gasteiger partial charge in [0.15, 0.2) is 17.5 Å². The number of hydrogen-bond donors (Lipinski definition) is 9. The zero-order chi connectivity index (χ0) is 79.4. The smallest absolute Gasteiger partial charge is 0.536 e. The Morgan fingerprint density at radius 3 is 1.27 bits per heavy atom. The zero-order valence-corrected chi connectivity index (χ0v) is 67.8. The molecule has 0 bridgehead atoms. The van der Waals surface area contributed by atoms with Crippen molar-refractivity contribution in [3.8, 4) is 11.5 Å². The third kappa shape index (κ3) is 28.9. The van der Waals surface area contributed by atoms with Gasteiger partial charge in [-0.1, -0.05) is 271 Å². The van der Waals surface area contributed by atoms with Crippen molar-refractivity contribution >= 4 is 66.7 Å². The molecule has 6 aromatic rings. The molecular weight excluding hydrogens is 1340 g/mol. The number of hydrogen-bond acceptors (Lipinski definition) is 21. The molecule has 0 spiro atoms. The van der Waals surface area contributed by atoms with E-state index in [0.717, 1.165) is 68.7 Å². The van der Waals surface area contributed by atoms with Crippen LogP contribution in [0.3, 0.4) is 0 Å².